The van der Waals surface area contributed by atoms with E-state index in [2.05, 4.69) is 5.32 Å². The van der Waals surface area contributed by atoms with E-state index in [1.54, 1.807) is 26.8 Å². The molecule has 1 saturated carbocycles. The number of aliphatic carboxylic acids is 1. The van der Waals surface area contributed by atoms with Crippen molar-refractivity contribution in [2.24, 2.45) is 0 Å². The van der Waals surface area contributed by atoms with E-state index in [-0.39, 0.29) is 0 Å². The molecule has 0 heterocycles. The van der Waals surface area contributed by atoms with Gasteiger partial charge >= 0.3 is 12.1 Å². The number of rotatable bonds is 3. The molecule has 5 heteroatoms. The molecule has 0 saturated heterocycles. The Kier molecular flexibility index (Phi) is 3.70. The van der Waals surface area contributed by atoms with Gasteiger partial charge in [-0.1, -0.05) is 12.1 Å². The van der Waals surface area contributed by atoms with Crippen LogP contribution in [0.1, 0.15) is 44.7 Å². The number of amides is 1. The van der Waals surface area contributed by atoms with Crippen LogP contribution in [0.15, 0.2) is 18.2 Å². The van der Waals surface area contributed by atoms with E-state index in [9.17, 15) is 14.7 Å². The van der Waals surface area contributed by atoms with Gasteiger partial charge in [0.25, 0.3) is 0 Å². The summed E-state index contributed by atoms with van der Waals surface area (Å²) in [7, 11) is 0. The molecule has 2 rings (SSSR count). The molecule has 0 radical (unpaired) electrons. The van der Waals surface area contributed by atoms with Gasteiger partial charge in [0, 0.05) is 5.69 Å². The Morgan fingerprint density at radius 2 is 1.90 bits per heavy atom. The number of hydrogen-bond donors (Lipinski definition) is 2. The molecule has 1 aliphatic rings. The molecule has 1 fully saturated rings. The lowest BCUT2D eigenvalue weighted by Crippen LogP contribution is -2.27. The van der Waals surface area contributed by atoms with Crippen LogP contribution in [-0.2, 0) is 14.9 Å². The molecule has 114 valence electrons. The fourth-order valence-corrected chi connectivity index (χ4v) is 2.22. The van der Waals surface area contributed by atoms with Gasteiger partial charge in [0.05, 0.1) is 5.41 Å². The van der Waals surface area contributed by atoms with Crippen molar-refractivity contribution < 1.29 is 19.4 Å². The van der Waals surface area contributed by atoms with E-state index in [4.69, 9.17) is 4.74 Å². The van der Waals surface area contributed by atoms with Crippen molar-refractivity contribution in [2.75, 3.05) is 5.32 Å². The fourth-order valence-electron chi connectivity index (χ4n) is 2.22. The highest BCUT2D eigenvalue weighted by atomic mass is 16.6. The van der Waals surface area contributed by atoms with Gasteiger partial charge < -0.3 is 9.84 Å². The van der Waals surface area contributed by atoms with Gasteiger partial charge in [-0.15, -0.1) is 0 Å². The van der Waals surface area contributed by atoms with E-state index < -0.39 is 23.1 Å². The maximum absolute atomic E-state index is 11.8. The Balaban J connectivity index is 2.21. The fraction of sp³-hybridized carbons (Fsp3) is 0.500. The minimum Gasteiger partial charge on any atom is -0.481 e. The molecule has 21 heavy (non-hydrogen) atoms. The number of carboxylic acid groups (broad SMARTS) is 1. The van der Waals surface area contributed by atoms with E-state index in [0.717, 1.165) is 11.1 Å². The second-order valence-electron chi connectivity index (χ2n) is 6.54. The highest BCUT2D eigenvalue weighted by Crippen LogP contribution is 2.49. The number of aryl methyl sites for hydroxylation is 1. The summed E-state index contributed by atoms with van der Waals surface area (Å²) in [5, 5.41) is 12.0. The summed E-state index contributed by atoms with van der Waals surface area (Å²) in [5.74, 6) is -0.811. The number of carbonyl (C=O) groups is 2. The van der Waals surface area contributed by atoms with Gasteiger partial charge in [-0.05, 0) is 57.7 Å². The van der Waals surface area contributed by atoms with Crippen molar-refractivity contribution >= 4 is 17.7 Å². The molecule has 0 aliphatic heterocycles. The Hall–Kier alpha value is -2.04. The van der Waals surface area contributed by atoms with Gasteiger partial charge in [-0.25, -0.2) is 4.79 Å². The van der Waals surface area contributed by atoms with E-state index >= 15 is 0 Å². The lowest BCUT2D eigenvalue weighted by molar-refractivity contribution is -0.140. The summed E-state index contributed by atoms with van der Waals surface area (Å²) in [6.45, 7) is 7.23. The van der Waals surface area contributed by atoms with Gasteiger partial charge in [0.2, 0.25) is 0 Å². The van der Waals surface area contributed by atoms with Crippen molar-refractivity contribution in [2.45, 2.75) is 51.6 Å². The highest BCUT2D eigenvalue weighted by Gasteiger charge is 2.51. The molecular weight excluding hydrogens is 270 g/mol. The first kappa shape index (κ1) is 15.4. The first-order valence-electron chi connectivity index (χ1n) is 6.99. The number of hydrogen-bond acceptors (Lipinski definition) is 3. The lowest BCUT2D eigenvalue weighted by atomic mass is 9.94. The van der Waals surface area contributed by atoms with E-state index in [1.807, 2.05) is 19.1 Å². The van der Waals surface area contributed by atoms with Crippen LogP contribution in [0, 0.1) is 6.92 Å². The Bertz CT molecular complexity index is 582. The summed E-state index contributed by atoms with van der Waals surface area (Å²) in [4.78, 5) is 23.2. The Labute approximate surface area is 124 Å². The summed E-state index contributed by atoms with van der Waals surface area (Å²) < 4.78 is 5.22. The second kappa shape index (κ2) is 5.06. The van der Waals surface area contributed by atoms with Crippen LogP contribution in [0.4, 0.5) is 10.5 Å². The number of carboxylic acids is 1. The summed E-state index contributed by atoms with van der Waals surface area (Å²) in [6, 6.07) is 5.38. The molecule has 1 amide bonds. The van der Waals surface area contributed by atoms with Crippen molar-refractivity contribution in [1.29, 1.82) is 0 Å². The smallest absolute Gasteiger partial charge is 0.412 e. The van der Waals surface area contributed by atoms with Crippen molar-refractivity contribution in [3.8, 4) is 0 Å². The third kappa shape index (κ3) is 3.35. The van der Waals surface area contributed by atoms with E-state index in [0.29, 0.717) is 18.5 Å². The van der Waals surface area contributed by atoms with Crippen LogP contribution in [-0.4, -0.2) is 22.8 Å². The number of ether oxygens (including phenoxy) is 1. The average Bonchev–Trinajstić information content (AvgIpc) is 3.10. The maximum Gasteiger partial charge on any atom is 0.412 e. The third-order valence-electron chi connectivity index (χ3n) is 3.59. The van der Waals surface area contributed by atoms with Crippen LogP contribution < -0.4 is 5.32 Å². The third-order valence-corrected chi connectivity index (χ3v) is 3.59. The minimum absolute atomic E-state index is 0.539. The molecule has 1 aliphatic carbocycles. The van der Waals surface area contributed by atoms with Crippen LogP contribution in [0.5, 0.6) is 0 Å². The van der Waals surface area contributed by atoms with Crippen molar-refractivity contribution in [1.82, 2.24) is 0 Å². The molecule has 1 aromatic rings. The number of carbonyl (C=O) groups excluding carboxylic acids is 1. The van der Waals surface area contributed by atoms with Crippen molar-refractivity contribution in [3.63, 3.8) is 0 Å². The highest BCUT2D eigenvalue weighted by molar-refractivity contribution is 5.88. The Morgan fingerprint density at radius 1 is 1.29 bits per heavy atom. The number of benzene rings is 1. The molecule has 0 unspecified atom stereocenters. The van der Waals surface area contributed by atoms with Gasteiger partial charge in [0.15, 0.2) is 0 Å². The monoisotopic (exact) mass is 291 g/mol. The minimum atomic E-state index is -0.811. The molecule has 0 atom stereocenters. The summed E-state index contributed by atoms with van der Waals surface area (Å²) in [5.41, 5.74) is 0.832. The largest absolute Gasteiger partial charge is 0.481 e. The van der Waals surface area contributed by atoms with Gasteiger partial charge in [-0.3, -0.25) is 10.1 Å². The second-order valence-corrected chi connectivity index (χ2v) is 6.54. The lowest BCUT2D eigenvalue weighted by Gasteiger charge is -2.21. The predicted molar refractivity (Wildman–Crippen MR) is 79.6 cm³/mol. The first-order valence-corrected chi connectivity index (χ1v) is 6.99. The normalized spacial score (nSPS) is 16.2. The Morgan fingerprint density at radius 3 is 2.38 bits per heavy atom. The van der Waals surface area contributed by atoms with Crippen molar-refractivity contribution in [3.05, 3.63) is 29.3 Å². The summed E-state index contributed by atoms with van der Waals surface area (Å²) in [6.07, 6.45) is 0.733. The zero-order chi connectivity index (χ0) is 15.8. The first-order chi connectivity index (χ1) is 9.64. The molecule has 0 bridgehead atoms. The zero-order valence-corrected chi connectivity index (χ0v) is 12.8. The van der Waals surface area contributed by atoms with Crippen LogP contribution in [0.25, 0.3) is 0 Å². The molecule has 0 aromatic heterocycles. The SMILES string of the molecule is Cc1ccc(C2(C(=O)O)CC2)cc1NC(=O)OC(C)(C)C. The van der Waals surface area contributed by atoms with Gasteiger partial charge in [-0.2, -0.15) is 0 Å². The quantitative estimate of drug-likeness (QED) is 0.894. The molecule has 0 spiro atoms. The van der Waals surface area contributed by atoms with Gasteiger partial charge in [0.1, 0.15) is 5.60 Å². The predicted octanol–water partition coefficient (Wildman–Crippen LogP) is 3.46. The van der Waals surface area contributed by atoms with E-state index in [1.165, 1.54) is 0 Å². The van der Waals surface area contributed by atoms with Crippen LogP contribution >= 0.6 is 0 Å². The number of nitrogens with one attached hydrogen (secondary N) is 1. The average molecular weight is 291 g/mol. The zero-order valence-electron chi connectivity index (χ0n) is 12.8. The summed E-state index contributed by atoms with van der Waals surface area (Å²) >= 11 is 0. The van der Waals surface area contributed by atoms with Crippen LogP contribution in [0.3, 0.4) is 0 Å². The topological polar surface area (TPSA) is 75.6 Å². The standard InChI is InChI=1S/C16H21NO4/c1-10-5-6-11(16(7-8-16)13(18)19)9-12(10)17-14(20)21-15(2,3)4/h5-6,9H,7-8H2,1-4H3,(H,17,20)(H,18,19). The molecule has 1 aromatic carbocycles. The van der Waals surface area contributed by atoms with Crippen LogP contribution in [0.2, 0.25) is 0 Å². The number of anilines is 1. The maximum atomic E-state index is 11.8. The molecule has 2 N–H and O–H groups in total. The molecular formula is C16H21NO4. The molecule has 5 nitrogen and oxygen atoms in total.